The van der Waals surface area contributed by atoms with Crippen LogP contribution in [-0.2, 0) is 24.5 Å². The van der Waals surface area contributed by atoms with Crippen molar-refractivity contribution in [3.05, 3.63) is 6.33 Å². The predicted octanol–water partition coefficient (Wildman–Crippen LogP) is 0.483. The molecule has 158 valence electrons. The molecule has 16 nitrogen and oxygen atoms in total. The summed E-state index contributed by atoms with van der Waals surface area (Å²) in [6.45, 7) is 0.199. The van der Waals surface area contributed by atoms with Gasteiger partial charge in [0, 0.05) is 6.54 Å². The van der Waals surface area contributed by atoms with Gasteiger partial charge < -0.3 is 49.2 Å². The summed E-state index contributed by atoms with van der Waals surface area (Å²) in [5.74, 6) is 0.177. The van der Waals surface area contributed by atoms with E-state index >= 15 is 0 Å². The molecule has 0 aliphatic carbocycles. The van der Waals surface area contributed by atoms with Gasteiger partial charge in [0.2, 0.25) is 5.95 Å². The number of phosphoric acid groups is 2. The van der Waals surface area contributed by atoms with E-state index in [0.717, 1.165) is 0 Å². The van der Waals surface area contributed by atoms with E-state index in [0.29, 0.717) is 30.6 Å². The number of nitrogens with two attached hydrogens (primary N) is 2. The van der Waals surface area contributed by atoms with Crippen LogP contribution < -0.4 is 29.9 Å². The first-order valence-electron chi connectivity index (χ1n) is 6.55. The number of nitrogen functional groups attached to an aromatic ring is 2. The van der Waals surface area contributed by atoms with Gasteiger partial charge in [0.15, 0.2) is 11.5 Å². The van der Waals surface area contributed by atoms with Crippen molar-refractivity contribution in [1.82, 2.24) is 38.0 Å². The van der Waals surface area contributed by atoms with Crippen LogP contribution in [0, 0.1) is 0 Å². The Labute approximate surface area is 153 Å². The van der Waals surface area contributed by atoms with E-state index < -0.39 is 15.6 Å². The Kier molecular flexibility index (Phi) is 10.8. The average molecular weight is 433 g/mol. The zero-order chi connectivity index (χ0) is 18.0. The van der Waals surface area contributed by atoms with Gasteiger partial charge in [-0.25, -0.2) is 14.1 Å². The number of rotatable bonds is 8. The number of hydrogen-bond acceptors (Lipinski definition) is 12. The van der Waals surface area contributed by atoms with Crippen LogP contribution >= 0.6 is 15.6 Å². The van der Waals surface area contributed by atoms with Gasteiger partial charge in [0.05, 0.1) is 12.9 Å². The second-order valence-corrected chi connectivity index (χ2v) is 7.49. The molecule has 16 N–H and O–H groups in total. The van der Waals surface area contributed by atoms with Crippen LogP contribution in [0.1, 0.15) is 12.8 Å². The van der Waals surface area contributed by atoms with E-state index in [1.807, 2.05) is 0 Å². The highest BCUT2D eigenvalue weighted by Crippen LogP contribution is 2.57. The third-order valence-corrected chi connectivity index (χ3v) is 4.95. The molecule has 0 saturated heterocycles. The quantitative estimate of drug-likeness (QED) is 0.207. The highest BCUT2D eigenvalue weighted by molar-refractivity contribution is 7.60. The largest absolute Gasteiger partial charge is 0.481 e. The number of nitrogens with zero attached hydrogens (tertiary/aromatic N) is 4. The summed E-state index contributed by atoms with van der Waals surface area (Å²) in [7, 11) is -9.91. The Morgan fingerprint density at radius 1 is 1.07 bits per heavy atom. The first-order valence-corrected chi connectivity index (χ1v) is 9.58. The minimum atomic E-state index is -5.11. The zero-order valence-corrected chi connectivity index (χ0v) is 16.1. The molecule has 0 aromatic carbocycles. The number of anilines is 2. The number of aromatic nitrogens is 4. The molecule has 1 atom stereocenters. The summed E-state index contributed by atoms with van der Waals surface area (Å²) in [5, 5.41) is 0. The normalized spacial score (nSPS) is 13.1. The molecule has 0 fully saturated rings. The molecule has 0 saturated carbocycles. The summed E-state index contributed by atoms with van der Waals surface area (Å²) in [5.41, 5.74) is 12.1. The Bertz CT molecular complexity index is 825. The van der Waals surface area contributed by atoms with Crippen LogP contribution in [0.3, 0.4) is 0 Å². The maximum absolute atomic E-state index is 11.2. The maximum atomic E-state index is 11.2. The van der Waals surface area contributed by atoms with Crippen molar-refractivity contribution in [2.75, 3.05) is 18.1 Å². The summed E-state index contributed by atoms with van der Waals surface area (Å²) < 4.78 is 31.5. The van der Waals surface area contributed by atoms with E-state index in [9.17, 15) is 9.13 Å². The number of aryl methyl sites for hydroxylation is 1. The minimum Gasteiger partial charge on any atom is -0.382 e. The van der Waals surface area contributed by atoms with Gasteiger partial charge in [0.1, 0.15) is 5.52 Å². The molecule has 1 unspecified atom stereocenters. The molecule has 18 heteroatoms. The van der Waals surface area contributed by atoms with Gasteiger partial charge in [-0.1, -0.05) is 0 Å². The standard InChI is InChI=1S/C9H16N6O7P2.3H3N/c10-7-6-8(14-9(11)13-7)15(5-12-6)3-1-2-4-21-24(19,20)22-23(16,17)18;;;/h5H,1-4H2,(H,19,20)(H2,16,17,18)(H4,10,11,13,14);3*1H3. The average Bonchev–Trinajstić information content (AvgIpc) is 2.78. The van der Waals surface area contributed by atoms with Crippen LogP contribution in [0.25, 0.3) is 11.2 Å². The van der Waals surface area contributed by atoms with Crippen molar-refractivity contribution in [3.8, 4) is 0 Å². The lowest BCUT2D eigenvalue weighted by Crippen LogP contribution is -2.04. The van der Waals surface area contributed by atoms with Crippen molar-refractivity contribution in [2.24, 2.45) is 0 Å². The SMILES string of the molecule is N.N.N.Nc1nc(N)c2ncn(CCCCOP(=O)(O)OP(=O)(O)O)c2n1. The molecule has 2 rings (SSSR count). The molecular formula is C9H25N9O7P2. The predicted molar refractivity (Wildman–Crippen MR) is 97.4 cm³/mol. The van der Waals surface area contributed by atoms with Crippen molar-refractivity contribution < 1.29 is 32.6 Å². The van der Waals surface area contributed by atoms with Gasteiger partial charge in [-0.3, -0.25) is 4.52 Å². The molecule has 0 spiro atoms. The molecule has 2 heterocycles. The zero-order valence-electron chi connectivity index (χ0n) is 14.3. The van der Waals surface area contributed by atoms with Crippen LogP contribution in [0.2, 0.25) is 0 Å². The van der Waals surface area contributed by atoms with Gasteiger partial charge in [-0.2, -0.15) is 14.3 Å². The van der Waals surface area contributed by atoms with Gasteiger partial charge in [0.25, 0.3) is 0 Å². The molecule has 27 heavy (non-hydrogen) atoms. The summed E-state index contributed by atoms with van der Waals surface area (Å²) in [6, 6.07) is 0. The van der Waals surface area contributed by atoms with E-state index in [2.05, 4.69) is 23.8 Å². The van der Waals surface area contributed by atoms with Crippen molar-refractivity contribution >= 4 is 38.6 Å². The maximum Gasteiger partial charge on any atom is 0.481 e. The van der Waals surface area contributed by atoms with Crippen molar-refractivity contribution in [3.63, 3.8) is 0 Å². The van der Waals surface area contributed by atoms with Crippen molar-refractivity contribution in [1.29, 1.82) is 0 Å². The molecule has 0 radical (unpaired) electrons. The van der Waals surface area contributed by atoms with Crippen LogP contribution in [0.4, 0.5) is 11.8 Å². The van der Waals surface area contributed by atoms with Crippen molar-refractivity contribution in [2.45, 2.75) is 19.4 Å². The molecule has 0 aliphatic heterocycles. The number of phosphoric ester groups is 1. The second kappa shape index (κ2) is 10.6. The highest BCUT2D eigenvalue weighted by atomic mass is 31.3. The molecule has 2 aromatic heterocycles. The lowest BCUT2D eigenvalue weighted by atomic mass is 10.3. The number of fused-ring (bicyclic) bond motifs is 1. The Balaban J connectivity index is 0. The fourth-order valence-corrected chi connectivity index (χ4v) is 3.49. The fourth-order valence-electron chi connectivity index (χ4n) is 1.87. The third-order valence-electron chi connectivity index (χ3n) is 2.77. The Hall–Kier alpha value is -1.71. The smallest absolute Gasteiger partial charge is 0.382 e. The van der Waals surface area contributed by atoms with E-state index in [4.69, 9.17) is 26.1 Å². The molecule has 0 aliphatic rings. The Morgan fingerprint density at radius 2 is 1.70 bits per heavy atom. The number of hydrogen-bond donors (Lipinski definition) is 8. The van der Waals surface area contributed by atoms with Gasteiger partial charge in [-0.15, -0.1) is 0 Å². The lowest BCUT2D eigenvalue weighted by Gasteiger charge is -2.12. The topological polar surface area (TPSA) is 314 Å². The molecular weight excluding hydrogens is 408 g/mol. The number of unbranched alkanes of at least 4 members (excludes halogenated alkanes) is 1. The third kappa shape index (κ3) is 8.23. The van der Waals surface area contributed by atoms with E-state index in [-0.39, 0.29) is 36.8 Å². The second-order valence-electron chi connectivity index (χ2n) is 4.66. The van der Waals surface area contributed by atoms with Crippen LogP contribution in [0.15, 0.2) is 6.33 Å². The Morgan fingerprint density at radius 3 is 2.30 bits per heavy atom. The van der Waals surface area contributed by atoms with Crippen LogP contribution in [0.5, 0.6) is 0 Å². The van der Waals surface area contributed by atoms with Gasteiger partial charge >= 0.3 is 15.6 Å². The van der Waals surface area contributed by atoms with Gasteiger partial charge in [-0.05, 0) is 12.8 Å². The minimum absolute atomic E-state index is 0. The summed E-state index contributed by atoms with van der Waals surface area (Å²) in [4.78, 5) is 37.9. The lowest BCUT2D eigenvalue weighted by molar-refractivity contribution is 0.175. The van der Waals surface area contributed by atoms with Crippen LogP contribution in [-0.4, -0.2) is 40.8 Å². The first-order chi connectivity index (χ1) is 11.1. The molecule has 0 amide bonds. The molecule has 2 aromatic rings. The molecule has 0 bridgehead atoms. The summed E-state index contributed by atoms with van der Waals surface area (Å²) >= 11 is 0. The summed E-state index contributed by atoms with van der Waals surface area (Å²) in [6.07, 6.45) is 2.31. The van der Waals surface area contributed by atoms with E-state index in [1.165, 1.54) is 6.33 Å². The fraction of sp³-hybridized carbons (Fsp3) is 0.444. The monoisotopic (exact) mass is 433 g/mol. The number of imidazole rings is 1. The highest BCUT2D eigenvalue weighted by Gasteiger charge is 2.31. The first kappa shape index (κ1) is 27.5. The van der Waals surface area contributed by atoms with E-state index in [1.54, 1.807) is 4.57 Å².